The molecule has 27 heavy (non-hydrogen) atoms. The van der Waals surface area contributed by atoms with Crippen LogP contribution in [0.1, 0.15) is 24.0 Å². The van der Waals surface area contributed by atoms with Crippen molar-refractivity contribution in [3.63, 3.8) is 0 Å². The molecule has 4 rings (SSSR count). The molecule has 0 amide bonds. The molecule has 4 nitrogen and oxygen atoms in total. The predicted octanol–water partition coefficient (Wildman–Crippen LogP) is 4.03. The number of ether oxygens (including phenoxy) is 1. The molecule has 1 aliphatic heterocycles. The summed E-state index contributed by atoms with van der Waals surface area (Å²) in [6, 6.07) is 10.4. The smallest absolute Gasteiger partial charge is 0.159 e. The fourth-order valence-electron chi connectivity index (χ4n) is 3.65. The number of hydrogen-bond acceptors (Lipinski definition) is 3. The summed E-state index contributed by atoms with van der Waals surface area (Å²) in [5, 5.41) is 5.46. The van der Waals surface area contributed by atoms with Crippen LogP contribution in [0.25, 0.3) is 10.9 Å². The van der Waals surface area contributed by atoms with Gasteiger partial charge in [0.15, 0.2) is 11.6 Å². The summed E-state index contributed by atoms with van der Waals surface area (Å²) in [5.74, 6) is -1.65. The molecule has 6 heteroatoms. The molecule has 0 aliphatic carbocycles. The topological polar surface area (TPSA) is 30.3 Å². The van der Waals surface area contributed by atoms with Crippen LogP contribution in [0.15, 0.2) is 42.6 Å². The van der Waals surface area contributed by atoms with E-state index in [-0.39, 0.29) is 6.10 Å². The van der Waals surface area contributed by atoms with Crippen LogP contribution >= 0.6 is 0 Å². The number of fused-ring (bicyclic) bond motifs is 1. The number of rotatable bonds is 5. The molecule has 0 spiro atoms. The number of halogens is 2. The predicted molar refractivity (Wildman–Crippen MR) is 100 cm³/mol. The Kier molecular flexibility index (Phi) is 5.18. The minimum absolute atomic E-state index is 0.162. The standard InChI is InChI=1S/C21H23F2N3O/c1-25-21-5-3-15(10-17(21)12-24-25)13-26-8-6-18(7-9-26)27-14-16-2-4-19(22)20(23)11-16/h2-5,10-12,18H,6-9,13-14H2,1H3. The summed E-state index contributed by atoms with van der Waals surface area (Å²) in [5.41, 5.74) is 3.10. The van der Waals surface area contributed by atoms with Gasteiger partial charge in [-0.2, -0.15) is 5.10 Å². The van der Waals surface area contributed by atoms with Crippen molar-refractivity contribution < 1.29 is 13.5 Å². The number of aryl methyl sites for hydroxylation is 1. The van der Waals surface area contributed by atoms with Gasteiger partial charge in [0.2, 0.25) is 0 Å². The number of nitrogens with zero attached hydrogens (tertiary/aromatic N) is 3. The second-order valence-electron chi connectivity index (χ2n) is 7.20. The van der Waals surface area contributed by atoms with Gasteiger partial charge in [-0.15, -0.1) is 0 Å². The highest BCUT2D eigenvalue weighted by atomic mass is 19.2. The van der Waals surface area contributed by atoms with Crippen molar-refractivity contribution in [3.8, 4) is 0 Å². The zero-order chi connectivity index (χ0) is 18.8. The molecule has 3 aromatic rings. The maximum Gasteiger partial charge on any atom is 0.159 e. The van der Waals surface area contributed by atoms with E-state index in [2.05, 4.69) is 28.2 Å². The largest absolute Gasteiger partial charge is 0.373 e. The van der Waals surface area contributed by atoms with Crippen molar-refractivity contribution in [3.05, 3.63) is 65.4 Å². The van der Waals surface area contributed by atoms with E-state index >= 15 is 0 Å². The zero-order valence-electron chi connectivity index (χ0n) is 15.4. The number of likely N-dealkylation sites (tertiary alicyclic amines) is 1. The molecule has 142 valence electrons. The van der Waals surface area contributed by atoms with Gasteiger partial charge in [0.25, 0.3) is 0 Å². The van der Waals surface area contributed by atoms with Crippen LogP contribution in [0.4, 0.5) is 8.78 Å². The van der Waals surface area contributed by atoms with Crippen molar-refractivity contribution in [2.45, 2.75) is 32.1 Å². The van der Waals surface area contributed by atoms with E-state index in [0.29, 0.717) is 12.2 Å². The van der Waals surface area contributed by atoms with Gasteiger partial charge >= 0.3 is 0 Å². The first-order valence-electron chi connectivity index (χ1n) is 9.27. The number of piperidine rings is 1. The van der Waals surface area contributed by atoms with Crippen molar-refractivity contribution >= 4 is 10.9 Å². The molecule has 2 heterocycles. The van der Waals surface area contributed by atoms with Crippen molar-refractivity contribution in [2.24, 2.45) is 7.05 Å². The second kappa shape index (κ2) is 7.74. The fourth-order valence-corrected chi connectivity index (χ4v) is 3.65. The van der Waals surface area contributed by atoms with Crippen LogP contribution in [0.3, 0.4) is 0 Å². The third-order valence-electron chi connectivity index (χ3n) is 5.22. The van der Waals surface area contributed by atoms with E-state index in [1.165, 1.54) is 17.0 Å². The van der Waals surface area contributed by atoms with Gasteiger partial charge in [-0.25, -0.2) is 8.78 Å². The van der Waals surface area contributed by atoms with Crippen LogP contribution in [0.2, 0.25) is 0 Å². The number of hydrogen-bond donors (Lipinski definition) is 0. The molecule has 1 fully saturated rings. The lowest BCUT2D eigenvalue weighted by Gasteiger charge is -2.32. The molecule has 0 bridgehead atoms. The van der Waals surface area contributed by atoms with E-state index < -0.39 is 11.6 Å². The average Bonchev–Trinajstić information content (AvgIpc) is 3.04. The lowest BCUT2D eigenvalue weighted by molar-refractivity contribution is -0.00404. The second-order valence-corrected chi connectivity index (χ2v) is 7.20. The summed E-state index contributed by atoms with van der Waals surface area (Å²) >= 11 is 0. The first kappa shape index (κ1) is 18.1. The van der Waals surface area contributed by atoms with Gasteiger partial charge in [-0.05, 0) is 48.2 Å². The van der Waals surface area contributed by atoms with Crippen LogP contribution in [-0.2, 0) is 24.9 Å². The van der Waals surface area contributed by atoms with Gasteiger partial charge in [0.05, 0.1) is 24.4 Å². The molecule has 2 aromatic carbocycles. The third-order valence-corrected chi connectivity index (χ3v) is 5.22. The van der Waals surface area contributed by atoms with E-state index in [4.69, 9.17) is 4.74 Å². The Morgan fingerprint density at radius 2 is 1.81 bits per heavy atom. The zero-order valence-corrected chi connectivity index (χ0v) is 15.4. The highest BCUT2D eigenvalue weighted by molar-refractivity contribution is 5.79. The molecule has 0 saturated carbocycles. The van der Waals surface area contributed by atoms with Gasteiger partial charge in [-0.1, -0.05) is 12.1 Å². The Hall–Kier alpha value is -2.31. The lowest BCUT2D eigenvalue weighted by Crippen LogP contribution is -2.36. The maximum absolute atomic E-state index is 13.3. The highest BCUT2D eigenvalue weighted by Crippen LogP contribution is 2.20. The SMILES string of the molecule is Cn1ncc2cc(CN3CCC(OCc4ccc(F)c(F)c4)CC3)ccc21. The van der Waals surface area contributed by atoms with Crippen LogP contribution in [0, 0.1) is 11.6 Å². The number of benzene rings is 2. The molecule has 1 aromatic heterocycles. The molecule has 0 atom stereocenters. The maximum atomic E-state index is 13.3. The molecule has 0 radical (unpaired) electrons. The molecule has 1 aliphatic rings. The molecule has 1 saturated heterocycles. The van der Waals surface area contributed by atoms with E-state index in [9.17, 15) is 8.78 Å². The molecule has 0 unspecified atom stereocenters. The quantitative estimate of drug-likeness (QED) is 0.678. The van der Waals surface area contributed by atoms with E-state index in [1.54, 1.807) is 6.07 Å². The molecular weight excluding hydrogens is 348 g/mol. The van der Waals surface area contributed by atoms with E-state index in [0.717, 1.165) is 44.1 Å². The van der Waals surface area contributed by atoms with Crippen molar-refractivity contribution in [1.29, 1.82) is 0 Å². The van der Waals surface area contributed by atoms with Crippen LogP contribution < -0.4 is 0 Å². The first-order chi connectivity index (χ1) is 13.1. The van der Waals surface area contributed by atoms with Gasteiger partial charge in [0, 0.05) is 32.1 Å². The van der Waals surface area contributed by atoms with E-state index in [1.807, 2.05) is 17.9 Å². The van der Waals surface area contributed by atoms with Gasteiger partial charge in [-0.3, -0.25) is 9.58 Å². The van der Waals surface area contributed by atoms with Crippen LogP contribution in [-0.4, -0.2) is 33.9 Å². The van der Waals surface area contributed by atoms with Crippen LogP contribution in [0.5, 0.6) is 0 Å². The molecular formula is C21H23F2N3O. The van der Waals surface area contributed by atoms with Gasteiger partial charge in [0.1, 0.15) is 0 Å². The first-order valence-corrected chi connectivity index (χ1v) is 9.27. The van der Waals surface area contributed by atoms with Crippen molar-refractivity contribution in [1.82, 2.24) is 14.7 Å². The minimum Gasteiger partial charge on any atom is -0.373 e. The Balaban J connectivity index is 1.27. The summed E-state index contributed by atoms with van der Waals surface area (Å²) in [6.45, 7) is 3.17. The average molecular weight is 371 g/mol. The summed E-state index contributed by atoms with van der Waals surface area (Å²) in [6.07, 6.45) is 3.95. The minimum atomic E-state index is -0.823. The summed E-state index contributed by atoms with van der Waals surface area (Å²) in [7, 11) is 1.95. The lowest BCUT2D eigenvalue weighted by atomic mass is 10.1. The Labute approximate surface area is 157 Å². The van der Waals surface area contributed by atoms with Gasteiger partial charge < -0.3 is 4.74 Å². The fraction of sp³-hybridized carbons (Fsp3) is 0.381. The highest BCUT2D eigenvalue weighted by Gasteiger charge is 2.20. The monoisotopic (exact) mass is 371 g/mol. The summed E-state index contributed by atoms with van der Waals surface area (Å²) < 4.78 is 34.0. The molecule has 0 N–H and O–H groups in total. The third kappa shape index (κ3) is 4.17. The Morgan fingerprint density at radius 1 is 1.04 bits per heavy atom. The van der Waals surface area contributed by atoms with Crippen molar-refractivity contribution in [2.75, 3.05) is 13.1 Å². The summed E-state index contributed by atoms with van der Waals surface area (Å²) in [4.78, 5) is 2.43. The Morgan fingerprint density at radius 3 is 2.59 bits per heavy atom. The normalized spacial score (nSPS) is 16.3. The number of aromatic nitrogens is 2. The Bertz CT molecular complexity index is 932.